The summed E-state index contributed by atoms with van der Waals surface area (Å²) in [7, 11) is 0. The van der Waals surface area contributed by atoms with Crippen LogP contribution in [0.2, 0.25) is 0 Å². The predicted octanol–water partition coefficient (Wildman–Crippen LogP) is 4.06. The summed E-state index contributed by atoms with van der Waals surface area (Å²) < 4.78 is 0. The second-order valence-electron chi connectivity index (χ2n) is 4.35. The number of hydrogen-bond acceptors (Lipinski definition) is 3. The molecule has 2 aromatic rings. The molecular weight excluding hydrogens is 258 g/mol. The third kappa shape index (κ3) is 4.84. The van der Waals surface area contributed by atoms with Crippen molar-refractivity contribution in [3.63, 3.8) is 0 Å². The monoisotopic (exact) mass is 277 g/mol. The first-order valence-corrected chi connectivity index (χ1v) is 8.20. The quantitative estimate of drug-likeness (QED) is 0.605. The van der Waals surface area contributed by atoms with E-state index in [1.807, 2.05) is 11.8 Å². The fraction of sp³-hybridized carbons (Fsp3) is 0.333. The number of thioether (sulfide) groups is 1. The van der Waals surface area contributed by atoms with Crippen molar-refractivity contribution in [2.24, 2.45) is 0 Å². The number of benzene rings is 1. The fourth-order valence-corrected chi connectivity index (χ4v) is 3.31. The summed E-state index contributed by atoms with van der Waals surface area (Å²) in [4.78, 5) is 1.35. The Morgan fingerprint density at radius 1 is 1.22 bits per heavy atom. The first kappa shape index (κ1) is 13.7. The van der Waals surface area contributed by atoms with E-state index in [2.05, 4.69) is 59.4 Å². The van der Waals surface area contributed by atoms with Crippen LogP contribution in [-0.4, -0.2) is 18.3 Å². The van der Waals surface area contributed by atoms with E-state index in [0.717, 1.165) is 18.7 Å². The van der Waals surface area contributed by atoms with Crippen molar-refractivity contribution in [3.05, 3.63) is 52.7 Å². The third-order valence-electron chi connectivity index (χ3n) is 2.73. The van der Waals surface area contributed by atoms with Gasteiger partial charge >= 0.3 is 0 Å². The van der Waals surface area contributed by atoms with Crippen molar-refractivity contribution in [3.8, 4) is 0 Å². The molecular formula is C15H19NS2. The lowest BCUT2D eigenvalue weighted by atomic mass is 10.1. The molecule has 1 N–H and O–H groups in total. The second kappa shape index (κ2) is 7.62. The summed E-state index contributed by atoms with van der Waals surface area (Å²) >= 11 is 3.69. The zero-order valence-electron chi connectivity index (χ0n) is 10.6. The van der Waals surface area contributed by atoms with Crippen LogP contribution in [0.25, 0.3) is 0 Å². The van der Waals surface area contributed by atoms with Gasteiger partial charge in [0.15, 0.2) is 0 Å². The van der Waals surface area contributed by atoms with Gasteiger partial charge < -0.3 is 5.32 Å². The van der Waals surface area contributed by atoms with E-state index < -0.39 is 0 Å². The van der Waals surface area contributed by atoms with Gasteiger partial charge in [-0.1, -0.05) is 18.2 Å². The van der Waals surface area contributed by atoms with Crippen LogP contribution in [0.3, 0.4) is 0 Å². The van der Waals surface area contributed by atoms with E-state index in [1.54, 1.807) is 11.3 Å². The van der Waals surface area contributed by atoms with Gasteiger partial charge in [0.05, 0.1) is 0 Å². The van der Waals surface area contributed by atoms with Gasteiger partial charge in [-0.3, -0.25) is 0 Å². The van der Waals surface area contributed by atoms with Gasteiger partial charge in [-0.05, 0) is 47.9 Å². The lowest BCUT2D eigenvalue weighted by Crippen LogP contribution is -2.29. The predicted molar refractivity (Wildman–Crippen MR) is 82.7 cm³/mol. The maximum Gasteiger partial charge on any atom is 0.0106 e. The molecule has 1 atom stereocenters. The van der Waals surface area contributed by atoms with Gasteiger partial charge in [-0.15, -0.1) is 11.8 Å². The molecule has 1 nitrogen and oxygen atoms in total. The van der Waals surface area contributed by atoms with Crippen LogP contribution in [-0.2, 0) is 6.42 Å². The maximum absolute atomic E-state index is 3.57. The Morgan fingerprint density at radius 2 is 2.06 bits per heavy atom. The van der Waals surface area contributed by atoms with Crippen molar-refractivity contribution < 1.29 is 0 Å². The smallest absolute Gasteiger partial charge is 0.0106 e. The molecule has 0 aliphatic rings. The standard InChI is InChI=1S/C15H19NS2/c1-13(11-14-7-9-17-12-14)16-8-10-18-15-5-3-2-4-6-15/h2-7,9,12-13,16H,8,10-11H2,1H3. The zero-order chi connectivity index (χ0) is 12.6. The highest BCUT2D eigenvalue weighted by atomic mass is 32.2. The molecule has 0 saturated carbocycles. The molecule has 0 bridgehead atoms. The molecule has 2 rings (SSSR count). The van der Waals surface area contributed by atoms with E-state index in [-0.39, 0.29) is 0 Å². The lowest BCUT2D eigenvalue weighted by Gasteiger charge is -2.12. The summed E-state index contributed by atoms with van der Waals surface area (Å²) in [6.45, 7) is 3.32. The molecule has 1 aromatic heterocycles. The van der Waals surface area contributed by atoms with E-state index >= 15 is 0 Å². The van der Waals surface area contributed by atoms with E-state index in [0.29, 0.717) is 6.04 Å². The summed E-state index contributed by atoms with van der Waals surface area (Å²) in [5.74, 6) is 1.12. The van der Waals surface area contributed by atoms with E-state index in [4.69, 9.17) is 0 Å². The number of thiophene rings is 1. The molecule has 0 fully saturated rings. The van der Waals surface area contributed by atoms with Crippen molar-refractivity contribution in [1.82, 2.24) is 5.32 Å². The molecule has 0 spiro atoms. The molecule has 0 amide bonds. The largest absolute Gasteiger partial charge is 0.313 e. The Morgan fingerprint density at radius 3 is 2.78 bits per heavy atom. The van der Waals surface area contributed by atoms with Crippen molar-refractivity contribution in [2.45, 2.75) is 24.3 Å². The van der Waals surface area contributed by atoms with E-state index in [9.17, 15) is 0 Å². The minimum Gasteiger partial charge on any atom is -0.313 e. The summed E-state index contributed by atoms with van der Waals surface area (Å²) in [6.07, 6.45) is 1.12. The average molecular weight is 277 g/mol. The minimum atomic E-state index is 0.552. The molecule has 18 heavy (non-hydrogen) atoms. The molecule has 96 valence electrons. The molecule has 1 heterocycles. The van der Waals surface area contributed by atoms with Gasteiger partial charge in [0.25, 0.3) is 0 Å². The molecule has 1 aromatic carbocycles. The fourth-order valence-electron chi connectivity index (χ4n) is 1.83. The van der Waals surface area contributed by atoms with Gasteiger partial charge in [0, 0.05) is 23.2 Å². The Kier molecular flexibility index (Phi) is 5.78. The first-order valence-electron chi connectivity index (χ1n) is 6.27. The van der Waals surface area contributed by atoms with Crippen LogP contribution in [0, 0.1) is 0 Å². The number of hydrogen-bond donors (Lipinski definition) is 1. The van der Waals surface area contributed by atoms with Crippen molar-refractivity contribution in [1.29, 1.82) is 0 Å². The van der Waals surface area contributed by atoms with Gasteiger partial charge in [0.2, 0.25) is 0 Å². The van der Waals surface area contributed by atoms with Crippen LogP contribution in [0.5, 0.6) is 0 Å². The normalized spacial score (nSPS) is 12.5. The zero-order valence-corrected chi connectivity index (χ0v) is 12.3. The van der Waals surface area contributed by atoms with Gasteiger partial charge in [-0.2, -0.15) is 11.3 Å². The highest BCUT2D eigenvalue weighted by molar-refractivity contribution is 7.99. The van der Waals surface area contributed by atoms with E-state index in [1.165, 1.54) is 10.5 Å². The van der Waals surface area contributed by atoms with Crippen LogP contribution >= 0.6 is 23.1 Å². The summed E-state index contributed by atoms with van der Waals surface area (Å²) in [5, 5.41) is 7.95. The third-order valence-corrected chi connectivity index (χ3v) is 4.47. The topological polar surface area (TPSA) is 12.0 Å². The summed E-state index contributed by atoms with van der Waals surface area (Å²) in [5.41, 5.74) is 1.44. The molecule has 0 aliphatic heterocycles. The maximum atomic E-state index is 3.57. The Labute approximate surface area is 118 Å². The SMILES string of the molecule is CC(Cc1ccsc1)NCCSc1ccccc1. The molecule has 3 heteroatoms. The van der Waals surface area contributed by atoms with Gasteiger partial charge in [-0.25, -0.2) is 0 Å². The highest BCUT2D eigenvalue weighted by Gasteiger charge is 2.02. The Balaban J connectivity index is 1.60. The van der Waals surface area contributed by atoms with Crippen LogP contribution in [0.4, 0.5) is 0 Å². The molecule has 1 unspecified atom stereocenters. The number of rotatable bonds is 7. The van der Waals surface area contributed by atoms with Gasteiger partial charge in [0.1, 0.15) is 0 Å². The Bertz CT molecular complexity index is 425. The first-order chi connectivity index (χ1) is 8.84. The van der Waals surface area contributed by atoms with Crippen LogP contribution in [0.1, 0.15) is 12.5 Å². The highest BCUT2D eigenvalue weighted by Crippen LogP contribution is 2.16. The molecule has 0 aliphatic carbocycles. The number of nitrogens with one attached hydrogen (secondary N) is 1. The molecule has 0 saturated heterocycles. The molecule has 0 radical (unpaired) electrons. The van der Waals surface area contributed by atoms with Crippen molar-refractivity contribution in [2.75, 3.05) is 12.3 Å². The second-order valence-corrected chi connectivity index (χ2v) is 6.30. The van der Waals surface area contributed by atoms with Crippen LogP contribution in [0.15, 0.2) is 52.1 Å². The summed E-state index contributed by atoms with van der Waals surface area (Å²) in [6, 6.07) is 13.3. The average Bonchev–Trinajstić information content (AvgIpc) is 2.89. The van der Waals surface area contributed by atoms with Crippen molar-refractivity contribution >= 4 is 23.1 Å². The lowest BCUT2D eigenvalue weighted by molar-refractivity contribution is 0.568. The van der Waals surface area contributed by atoms with Crippen LogP contribution < -0.4 is 5.32 Å². The Hall–Kier alpha value is -0.770. The minimum absolute atomic E-state index is 0.552.